The molecule has 3 fully saturated rings. The lowest BCUT2D eigenvalue weighted by Gasteiger charge is -2.36. The van der Waals surface area contributed by atoms with Gasteiger partial charge in [-0.05, 0) is 81.6 Å². The molecule has 31 heavy (non-hydrogen) atoms. The fraction of sp³-hybridized carbons (Fsp3) is 0.654. The second-order valence-electron chi connectivity index (χ2n) is 9.71. The molecular formula is C26H37N3O2. The number of nitrogens with zero attached hydrogens (tertiary/aromatic N) is 2. The lowest BCUT2D eigenvalue weighted by atomic mass is 9.97. The molecule has 2 saturated heterocycles. The predicted octanol–water partition coefficient (Wildman–Crippen LogP) is 5.07. The first-order valence-corrected chi connectivity index (χ1v) is 12.5. The minimum atomic E-state index is 0.301. The number of hydrogen-bond donors (Lipinski definition) is 1. The Balaban J connectivity index is 1.10. The van der Waals surface area contributed by atoms with E-state index in [2.05, 4.69) is 39.2 Å². The van der Waals surface area contributed by atoms with Crippen molar-refractivity contribution in [3.05, 3.63) is 30.0 Å². The van der Waals surface area contributed by atoms with E-state index in [1.54, 1.807) is 0 Å². The lowest BCUT2D eigenvalue weighted by molar-refractivity contribution is -0.133. The highest BCUT2D eigenvalue weighted by Gasteiger charge is 2.28. The van der Waals surface area contributed by atoms with Crippen molar-refractivity contribution in [2.45, 2.75) is 76.2 Å². The molecule has 3 aliphatic rings. The number of hydrogen-bond acceptors (Lipinski definition) is 3. The van der Waals surface area contributed by atoms with Gasteiger partial charge < -0.3 is 19.5 Å². The monoisotopic (exact) mass is 423 g/mol. The van der Waals surface area contributed by atoms with Crippen LogP contribution in [0, 0.1) is 0 Å². The quantitative estimate of drug-likeness (QED) is 0.633. The molecule has 1 saturated carbocycles. The minimum Gasteiger partial charge on any atom is -0.493 e. The highest BCUT2D eigenvalue weighted by atomic mass is 16.5. The number of carbonyl (C=O) groups is 1. The van der Waals surface area contributed by atoms with E-state index in [0.29, 0.717) is 30.9 Å². The van der Waals surface area contributed by atoms with Crippen LogP contribution in [0.25, 0.3) is 10.9 Å². The van der Waals surface area contributed by atoms with Gasteiger partial charge in [-0.3, -0.25) is 4.79 Å². The molecule has 168 valence electrons. The third-order valence-electron chi connectivity index (χ3n) is 7.76. The van der Waals surface area contributed by atoms with Crippen LogP contribution < -0.4 is 4.74 Å². The van der Waals surface area contributed by atoms with Crippen molar-refractivity contribution in [3.63, 3.8) is 0 Å². The number of aromatic amines is 1. The summed E-state index contributed by atoms with van der Waals surface area (Å²) in [5.41, 5.74) is 2.58. The van der Waals surface area contributed by atoms with Crippen molar-refractivity contribution < 1.29 is 9.53 Å². The third kappa shape index (κ3) is 4.62. The Morgan fingerprint density at radius 2 is 1.77 bits per heavy atom. The number of carbonyl (C=O) groups excluding carboxylic acids is 1. The van der Waals surface area contributed by atoms with Crippen LogP contribution in [0.15, 0.2) is 24.4 Å². The summed E-state index contributed by atoms with van der Waals surface area (Å²) in [6.07, 6.45) is 13.8. The summed E-state index contributed by atoms with van der Waals surface area (Å²) < 4.78 is 6.20. The third-order valence-corrected chi connectivity index (χ3v) is 7.76. The number of likely N-dealkylation sites (tertiary alicyclic amines) is 2. The zero-order chi connectivity index (χ0) is 21.0. The second-order valence-corrected chi connectivity index (χ2v) is 9.71. The normalized spacial score (nSPS) is 21.4. The number of H-pyrrole nitrogens is 1. The van der Waals surface area contributed by atoms with Crippen molar-refractivity contribution in [2.75, 3.05) is 32.8 Å². The molecule has 0 atom stereocenters. The largest absolute Gasteiger partial charge is 0.493 e. The van der Waals surface area contributed by atoms with Gasteiger partial charge in [-0.15, -0.1) is 0 Å². The number of piperidine rings is 1. The summed E-state index contributed by atoms with van der Waals surface area (Å²) >= 11 is 0. The number of amides is 1. The standard InChI is InChI=1S/C26H37N3O2/c30-25(29-16-12-21(13-17-29)28-14-3-4-15-28)11-6-18-31-24-10-5-9-23-26(24)22(19-27-23)20-7-1-2-8-20/h5,9-10,19-21,27H,1-4,6-8,11-18H2. The lowest BCUT2D eigenvalue weighted by Crippen LogP contribution is -2.45. The van der Waals surface area contributed by atoms with Gasteiger partial charge in [0.15, 0.2) is 0 Å². The maximum Gasteiger partial charge on any atom is 0.222 e. The van der Waals surface area contributed by atoms with E-state index >= 15 is 0 Å². The number of nitrogens with one attached hydrogen (secondary N) is 1. The summed E-state index contributed by atoms with van der Waals surface area (Å²) in [5.74, 6) is 1.93. The van der Waals surface area contributed by atoms with E-state index in [1.807, 2.05) is 0 Å². The molecule has 5 heteroatoms. The molecular weight excluding hydrogens is 386 g/mol. The molecule has 0 spiro atoms. The fourth-order valence-electron chi connectivity index (χ4n) is 6.01. The van der Waals surface area contributed by atoms with Crippen molar-refractivity contribution >= 4 is 16.8 Å². The van der Waals surface area contributed by atoms with Gasteiger partial charge in [0.05, 0.1) is 6.61 Å². The van der Waals surface area contributed by atoms with E-state index in [9.17, 15) is 4.79 Å². The first-order valence-electron chi connectivity index (χ1n) is 12.5. The van der Waals surface area contributed by atoms with Crippen LogP contribution in [0.3, 0.4) is 0 Å². The Bertz CT molecular complexity index is 872. The second kappa shape index (κ2) is 9.64. The van der Waals surface area contributed by atoms with Gasteiger partial charge in [0.25, 0.3) is 0 Å². The minimum absolute atomic E-state index is 0.301. The Labute approximate surface area is 186 Å². The SMILES string of the molecule is O=C(CCCOc1cccc2[nH]cc(C3CCCC3)c12)N1CCC(N2CCCC2)CC1. The maximum atomic E-state index is 12.7. The Morgan fingerprint density at radius 3 is 2.55 bits per heavy atom. The van der Waals surface area contributed by atoms with Crippen LogP contribution in [0.5, 0.6) is 5.75 Å². The summed E-state index contributed by atoms with van der Waals surface area (Å²) in [4.78, 5) is 20.8. The van der Waals surface area contributed by atoms with Crippen LogP contribution in [0.2, 0.25) is 0 Å². The Kier molecular flexibility index (Phi) is 6.49. The Morgan fingerprint density at radius 1 is 1.00 bits per heavy atom. The van der Waals surface area contributed by atoms with E-state index in [1.165, 1.54) is 62.6 Å². The maximum absolute atomic E-state index is 12.7. The van der Waals surface area contributed by atoms with Crippen molar-refractivity contribution in [3.8, 4) is 5.75 Å². The molecule has 0 radical (unpaired) electrons. The van der Waals surface area contributed by atoms with Crippen molar-refractivity contribution in [1.82, 2.24) is 14.8 Å². The van der Waals surface area contributed by atoms with Crippen molar-refractivity contribution in [2.24, 2.45) is 0 Å². The number of benzene rings is 1. The number of rotatable bonds is 7. The molecule has 1 aliphatic carbocycles. The van der Waals surface area contributed by atoms with E-state index in [4.69, 9.17) is 4.74 Å². The summed E-state index contributed by atoms with van der Waals surface area (Å²) in [7, 11) is 0. The van der Waals surface area contributed by atoms with E-state index < -0.39 is 0 Å². The first kappa shape index (κ1) is 20.9. The Hall–Kier alpha value is -2.01. The van der Waals surface area contributed by atoms with Gasteiger partial charge in [0, 0.05) is 42.7 Å². The van der Waals surface area contributed by atoms with Gasteiger partial charge in [-0.25, -0.2) is 0 Å². The zero-order valence-electron chi connectivity index (χ0n) is 18.8. The molecule has 3 heterocycles. The molecule has 5 rings (SSSR count). The van der Waals surface area contributed by atoms with Crippen LogP contribution in [0.1, 0.15) is 75.7 Å². The summed E-state index contributed by atoms with van der Waals surface area (Å²) in [6, 6.07) is 6.98. The van der Waals surface area contributed by atoms with Gasteiger partial charge in [0.1, 0.15) is 5.75 Å². The molecule has 2 aromatic rings. The summed E-state index contributed by atoms with van der Waals surface area (Å²) in [5, 5.41) is 1.25. The average molecular weight is 424 g/mol. The van der Waals surface area contributed by atoms with Gasteiger partial charge >= 0.3 is 0 Å². The molecule has 1 amide bonds. The fourth-order valence-corrected chi connectivity index (χ4v) is 6.01. The van der Waals surface area contributed by atoms with Gasteiger partial charge in [-0.2, -0.15) is 0 Å². The number of fused-ring (bicyclic) bond motifs is 1. The molecule has 5 nitrogen and oxygen atoms in total. The van der Waals surface area contributed by atoms with E-state index in [-0.39, 0.29) is 0 Å². The zero-order valence-corrected chi connectivity index (χ0v) is 18.8. The molecule has 1 aromatic carbocycles. The predicted molar refractivity (Wildman–Crippen MR) is 125 cm³/mol. The van der Waals surface area contributed by atoms with Crippen LogP contribution in [-0.4, -0.2) is 59.5 Å². The van der Waals surface area contributed by atoms with Crippen LogP contribution in [-0.2, 0) is 4.79 Å². The van der Waals surface area contributed by atoms with Crippen LogP contribution in [0.4, 0.5) is 0 Å². The van der Waals surface area contributed by atoms with Crippen LogP contribution >= 0.6 is 0 Å². The average Bonchev–Trinajstić information content (AvgIpc) is 3.57. The molecule has 2 aliphatic heterocycles. The van der Waals surface area contributed by atoms with E-state index in [0.717, 1.165) is 43.6 Å². The highest BCUT2D eigenvalue weighted by molar-refractivity contribution is 5.89. The topological polar surface area (TPSA) is 48.6 Å². The highest BCUT2D eigenvalue weighted by Crippen LogP contribution is 2.40. The number of ether oxygens (including phenoxy) is 1. The smallest absolute Gasteiger partial charge is 0.222 e. The van der Waals surface area contributed by atoms with Gasteiger partial charge in [-0.1, -0.05) is 18.9 Å². The van der Waals surface area contributed by atoms with Gasteiger partial charge in [0.2, 0.25) is 5.91 Å². The summed E-state index contributed by atoms with van der Waals surface area (Å²) in [6.45, 7) is 4.96. The molecule has 1 aromatic heterocycles. The number of aromatic nitrogens is 1. The molecule has 1 N–H and O–H groups in total. The molecule has 0 bridgehead atoms. The molecule has 0 unspecified atom stereocenters. The first-order chi connectivity index (χ1) is 15.3. The van der Waals surface area contributed by atoms with Crippen molar-refractivity contribution in [1.29, 1.82) is 0 Å².